The maximum absolute atomic E-state index is 12.6. The second kappa shape index (κ2) is 7.90. The molecule has 0 fully saturated rings. The van der Waals surface area contributed by atoms with Gasteiger partial charge in [-0.15, -0.1) is 0 Å². The van der Waals surface area contributed by atoms with E-state index in [-0.39, 0.29) is 5.91 Å². The van der Waals surface area contributed by atoms with E-state index in [0.717, 1.165) is 29.8 Å². The van der Waals surface area contributed by atoms with E-state index in [0.29, 0.717) is 23.3 Å². The average molecular weight is 326 g/mol. The Balaban J connectivity index is 2.24. The van der Waals surface area contributed by atoms with Crippen molar-refractivity contribution in [1.29, 1.82) is 0 Å². The lowest BCUT2D eigenvalue weighted by Gasteiger charge is -2.14. The van der Waals surface area contributed by atoms with Gasteiger partial charge in [0.1, 0.15) is 17.3 Å². The molecule has 1 amide bonds. The van der Waals surface area contributed by atoms with Crippen LogP contribution in [0.4, 0.5) is 11.5 Å². The van der Waals surface area contributed by atoms with E-state index in [1.807, 2.05) is 25.1 Å². The van der Waals surface area contributed by atoms with Crippen LogP contribution in [0.2, 0.25) is 0 Å². The van der Waals surface area contributed by atoms with Crippen LogP contribution in [-0.2, 0) is 6.42 Å². The third-order valence-corrected chi connectivity index (χ3v) is 3.74. The Labute approximate surface area is 143 Å². The highest BCUT2D eigenvalue weighted by Crippen LogP contribution is 2.22. The normalized spacial score (nSPS) is 10.8. The third kappa shape index (κ3) is 4.54. The summed E-state index contributed by atoms with van der Waals surface area (Å²) in [5, 5.41) is 6.26. The Morgan fingerprint density at radius 2 is 1.96 bits per heavy atom. The molecule has 0 unspecified atom stereocenters. The number of hydrogen-bond donors (Lipinski definition) is 2. The van der Waals surface area contributed by atoms with Gasteiger partial charge >= 0.3 is 0 Å². The molecule has 5 heteroatoms. The monoisotopic (exact) mass is 326 g/mol. The van der Waals surface area contributed by atoms with Crippen molar-refractivity contribution in [2.24, 2.45) is 5.92 Å². The van der Waals surface area contributed by atoms with Crippen molar-refractivity contribution >= 4 is 17.4 Å². The van der Waals surface area contributed by atoms with Gasteiger partial charge in [0.15, 0.2) is 0 Å². The van der Waals surface area contributed by atoms with Crippen molar-refractivity contribution in [3.05, 3.63) is 46.9 Å². The Hall–Kier alpha value is -2.43. The van der Waals surface area contributed by atoms with Crippen molar-refractivity contribution < 1.29 is 4.79 Å². The number of benzene rings is 1. The lowest BCUT2D eigenvalue weighted by molar-refractivity contribution is 0.102. The first-order chi connectivity index (χ1) is 11.4. The number of para-hydroxylation sites is 1. The van der Waals surface area contributed by atoms with E-state index >= 15 is 0 Å². The predicted octanol–water partition coefficient (Wildman–Crippen LogP) is 3.98. The molecule has 2 N–H and O–H groups in total. The summed E-state index contributed by atoms with van der Waals surface area (Å²) in [5.74, 6) is 1.55. The van der Waals surface area contributed by atoms with E-state index in [4.69, 9.17) is 0 Å². The highest BCUT2D eigenvalue weighted by molar-refractivity contribution is 6.04. The molecule has 0 saturated carbocycles. The Morgan fingerprint density at radius 1 is 1.21 bits per heavy atom. The Kier molecular flexibility index (Phi) is 5.90. The molecule has 0 atom stereocenters. The number of amides is 1. The van der Waals surface area contributed by atoms with Crippen LogP contribution in [0.1, 0.15) is 48.2 Å². The van der Waals surface area contributed by atoms with Gasteiger partial charge in [-0.2, -0.15) is 0 Å². The summed E-state index contributed by atoms with van der Waals surface area (Å²) in [6.07, 6.45) is 0.862. The number of anilines is 2. The lowest BCUT2D eigenvalue weighted by Crippen LogP contribution is -2.18. The number of aromatic nitrogens is 2. The van der Waals surface area contributed by atoms with E-state index in [1.54, 1.807) is 13.0 Å². The van der Waals surface area contributed by atoms with Crippen molar-refractivity contribution in [2.75, 3.05) is 17.2 Å². The topological polar surface area (TPSA) is 66.9 Å². The molecule has 0 spiro atoms. The van der Waals surface area contributed by atoms with Crippen molar-refractivity contribution in [2.45, 2.75) is 41.0 Å². The molecule has 1 heterocycles. The number of carbonyl (C=O) groups excluding carboxylic acids is 1. The molecule has 0 saturated heterocycles. The summed E-state index contributed by atoms with van der Waals surface area (Å²) < 4.78 is 0. The fourth-order valence-electron chi connectivity index (χ4n) is 2.46. The van der Waals surface area contributed by atoms with Gasteiger partial charge in [0.2, 0.25) is 0 Å². The van der Waals surface area contributed by atoms with Gasteiger partial charge in [-0.3, -0.25) is 4.79 Å². The van der Waals surface area contributed by atoms with Crippen LogP contribution in [0.15, 0.2) is 24.3 Å². The zero-order valence-corrected chi connectivity index (χ0v) is 15.1. The summed E-state index contributed by atoms with van der Waals surface area (Å²) in [7, 11) is 0. The number of hydrogen-bond acceptors (Lipinski definition) is 4. The fraction of sp³-hybridized carbons (Fsp3) is 0.421. The molecule has 5 nitrogen and oxygen atoms in total. The molecule has 0 aliphatic heterocycles. The molecule has 1 aromatic heterocycles. The SMILES string of the molecule is CCc1cccc(C)c1NC(=O)c1cc(NCC(C)C)nc(C)n1. The van der Waals surface area contributed by atoms with Crippen LogP contribution >= 0.6 is 0 Å². The molecule has 24 heavy (non-hydrogen) atoms. The molecule has 2 aromatic rings. The van der Waals surface area contributed by atoms with E-state index in [9.17, 15) is 4.79 Å². The van der Waals surface area contributed by atoms with E-state index in [2.05, 4.69) is 41.4 Å². The number of aryl methyl sites for hydroxylation is 3. The minimum absolute atomic E-state index is 0.211. The first kappa shape index (κ1) is 17.9. The highest BCUT2D eigenvalue weighted by atomic mass is 16.1. The second-order valence-corrected chi connectivity index (χ2v) is 6.38. The summed E-state index contributed by atoms with van der Waals surface area (Å²) in [6.45, 7) is 10.9. The standard InChI is InChI=1S/C19H26N4O/c1-6-15-9-7-8-13(4)18(15)23-19(24)16-10-17(20-11-12(2)3)22-14(5)21-16/h7-10,12H,6,11H2,1-5H3,(H,23,24)(H,20,21,22). The van der Waals surface area contributed by atoms with E-state index < -0.39 is 0 Å². The Bertz CT molecular complexity index is 725. The molecule has 0 radical (unpaired) electrons. The van der Waals surface area contributed by atoms with Crippen molar-refractivity contribution in [3.8, 4) is 0 Å². The highest BCUT2D eigenvalue weighted by Gasteiger charge is 2.14. The van der Waals surface area contributed by atoms with Crippen LogP contribution < -0.4 is 10.6 Å². The summed E-state index contributed by atoms with van der Waals surface area (Å²) >= 11 is 0. The lowest BCUT2D eigenvalue weighted by atomic mass is 10.1. The minimum atomic E-state index is -0.211. The smallest absolute Gasteiger partial charge is 0.274 e. The van der Waals surface area contributed by atoms with Crippen LogP contribution in [0.5, 0.6) is 0 Å². The minimum Gasteiger partial charge on any atom is -0.370 e. The number of rotatable bonds is 6. The first-order valence-electron chi connectivity index (χ1n) is 8.40. The molecular weight excluding hydrogens is 300 g/mol. The zero-order chi connectivity index (χ0) is 17.7. The van der Waals surface area contributed by atoms with Crippen molar-refractivity contribution in [1.82, 2.24) is 9.97 Å². The predicted molar refractivity (Wildman–Crippen MR) is 98.6 cm³/mol. The maximum Gasteiger partial charge on any atom is 0.274 e. The molecule has 2 rings (SSSR count). The molecule has 0 bridgehead atoms. The largest absolute Gasteiger partial charge is 0.370 e. The second-order valence-electron chi connectivity index (χ2n) is 6.38. The summed E-state index contributed by atoms with van der Waals surface area (Å²) in [4.78, 5) is 21.3. The number of carbonyl (C=O) groups is 1. The van der Waals surface area contributed by atoms with E-state index in [1.165, 1.54) is 0 Å². The van der Waals surface area contributed by atoms with Gasteiger partial charge in [0.25, 0.3) is 5.91 Å². The molecular formula is C19H26N4O. The van der Waals surface area contributed by atoms with Gasteiger partial charge in [0.05, 0.1) is 0 Å². The average Bonchev–Trinajstić information content (AvgIpc) is 2.54. The molecule has 1 aromatic carbocycles. The van der Waals surface area contributed by atoms with Gasteiger partial charge in [0, 0.05) is 18.3 Å². The van der Waals surface area contributed by atoms with Gasteiger partial charge in [-0.1, -0.05) is 39.0 Å². The fourth-order valence-corrected chi connectivity index (χ4v) is 2.46. The van der Waals surface area contributed by atoms with Crippen LogP contribution in [-0.4, -0.2) is 22.4 Å². The zero-order valence-electron chi connectivity index (χ0n) is 15.1. The van der Waals surface area contributed by atoms with Crippen LogP contribution in [0.3, 0.4) is 0 Å². The van der Waals surface area contributed by atoms with Crippen LogP contribution in [0, 0.1) is 19.8 Å². The van der Waals surface area contributed by atoms with Crippen LogP contribution in [0.25, 0.3) is 0 Å². The number of nitrogens with zero attached hydrogens (tertiary/aromatic N) is 2. The Morgan fingerprint density at radius 3 is 2.62 bits per heavy atom. The molecule has 0 aliphatic carbocycles. The molecule has 0 aliphatic rings. The van der Waals surface area contributed by atoms with Gasteiger partial charge in [-0.05, 0) is 37.3 Å². The first-order valence-corrected chi connectivity index (χ1v) is 8.40. The molecule has 128 valence electrons. The quantitative estimate of drug-likeness (QED) is 0.843. The van der Waals surface area contributed by atoms with Gasteiger partial charge in [-0.25, -0.2) is 9.97 Å². The van der Waals surface area contributed by atoms with Gasteiger partial charge < -0.3 is 10.6 Å². The summed E-state index contributed by atoms with van der Waals surface area (Å²) in [6, 6.07) is 7.74. The third-order valence-electron chi connectivity index (χ3n) is 3.74. The number of nitrogens with one attached hydrogen (secondary N) is 2. The van der Waals surface area contributed by atoms with Crippen molar-refractivity contribution in [3.63, 3.8) is 0 Å². The summed E-state index contributed by atoms with van der Waals surface area (Å²) in [5.41, 5.74) is 3.41. The maximum atomic E-state index is 12.6.